The molecule has 2 aromatic heterocycles. The van der Waals surface area contributed by atoms with Gasteiger partial charge in [0.2, 0.25) is 5.91 Å². The number of aromatic nitrogens is 2. The van der Waals surface area contributed by atoms with Gasteiger partial charge in [-0.25, -0.2) is 0 Å². The number of methoxy groups -OCH3 is 1. The summed E-state index contributed by atoms with van der Waals surface area (Å²) in [5.74, 6) is 0.426. The number of nitrogens with one attached hydrogen (secondary N) is 1. The van der Waals surface area contributed by atoms with Gasteiger partial charge < -0.3 is 10.1 Å². The second-order valence-corrected chi connectivity index (χ2v) is 14.8. The molecule has 0 fully saturated rings. The molecule has 0 aliphatic carbocycles. The molecule has 0 saturated carbocycles. The van der Waals surface area contributed by atoms with E-state index >= 15 is 0 Å². The molecule has 1 N–H and O–H groups in total. The maximum atomic E-state index is 13.5. The van der Waals surface area contributed by atoms with Crippen molar-refractivity contribution >= 4 is 47.6 Å². The molecule has 1 amide bonds. The lowest BCUT2D eigenvalue weighted by atomic mass is 10.1. The topological polar surface area (TPSA) is 73.2 Å². The average molecular weight is 520 g/mol. The highest BCUT2D eigenvalue weighted by molar-refractivity contribution is 6.89. The molecule has 2 aromatic carbocycles. The van der Waals surface area contributed by atoms with Crippen LogP contribution in [0.1, 0.15) is 21.6 Å². The lowest BCUT2D eigenvalue weighted by Gasteiger charge is -2.22. The van der Waals surface area contributed by atoms with Crippen LogP contribution in [0.3, 0.4) is 0 Å². The number of amides is 1. The van der Waals surface area contributed by atoms with E-state index in [0.717, 1.165) is 28.2 Å². The zero-order chi connectivity index (χ0) is 25.9. The highest BCUT2D eigenvalue weighted by atomic mass is 35.5. The van der Waals surface area contributed by atoms with Gasteiger partial charge in [-0.3, -0.25) is 19.1 Å². The highest BCUT2D eigenvalue weighted by Crippen LogP contribution is 2.31. The van der Waals surface area contributed by atoms with Crippen molar-refractivity contribution < 1.29 is 14.3 Å². The van der Waals surface area contributed by atoms with Crippen LogP contribution < -0.4 is 15.2 Å². The molecule has 0 radical (unpaired) electrons. The van der Waals surface area contributed by atoms with Gasteiger partial charge in [0.15, 0.2) is 0 Å². The maximum absolute atomic E-state index is 13.5. The van der Waals surface area contributed by atoms with Crippen LogP contribution >= 0.6 is 11.6 Å². The average Bonchev–Trinajstić information content (AvgIpc) is 3.14. The van der Waals surface area contributed by atoms with Crippen molar-refractivity contribution in [2.75, 3.05) is 13.7 Å². The first-order valence-electron chi connectivity index (χ1n) is 11.9. The monoisotopic (exact) mass is 519 g/mol. The van der Waals surface area contributed by atoms with Crippen LogP contribution in [0.15, 0.2) is 67.0 Å². The minimum Gasteiger partial charge on any atom is -0.497 e. The zero-order valence-electron chi connectivity index (χ0n) is 21.0. The standard InChI is InChI=1S/C28H30ClN3O3Si/c1-19-24(17-27(33)31-14-15-36(3,4)23-6-5-13-30-18-23)25-16-22(35-2)11-12-26(25)32(19)28(34)20-7-9-21(29)10-8-20/h5-13,16,18H,14-15,17H2,1-4H3,(H,31,33). The van der Waals surface area contributed by atoms with Gasteiger partial charge in [-0.05, 0) is 72.2 Å². The Morgan fingerprint density at radius 1 is 1.11 bits per heavy atom. The van der Waals surface area contributed by atoms with E-state index in [4.69, 9.17) is 16.3 Å². The lowest BCUT2D eigenvalue weighted by molar-refractivity contribution is -0.120. The Balaban J connectivity index is 1.58. The molecule has 36 heavy (non-hydrogen) atoms. The van der Waals surface area contributed by atoms with Gasteiger partial charge >= 0.3 is 0 Å². The Bertz CT molecular complexity index is 1400. The quantitative estimate of drug-likeness (QED) is 0.334. The molecule has 0 aliphatic rings. The molecule has 0 spiro atoms. The van der Waals surface area contributed by atoms with E-state index in [1.807, 2.05) is 37.4 Å². The summed E-state index contributed by atoms with van der Waals surface area (Å²) in [5.41, 5.74) is 2.81. The van der Waals surface area contributed by atoms with Crippen molar-refractivity contribution in [3.63, 3.8) is 0 Å². The molecule has 0 unspecified atom stereocenters. The Morgan fingerprint density at radius 3 is 2.53 bits per heavy atom. The third kappa shape index (κ3) is 5.37. The van der Waals surface area contributed by atoms with Crippen molar-refractivity contribution in [1.29, 1.82) is 0 Å². The summed E-state index contributed by atoms with van der Waals surface area (Å²) in [6.45, 7) is 7.03. The summed E-state index contributed by atoms with van der Waals surface area (Å²) in [6.07, 6.45) is 3.88. The summed E-state index contributed by atoms with van der Waals surface area (Å²) in [7, 11) is -0.108. The normalized spacial score (nSPS) is 11.5. The smallest absolute Gasteiger partial charge is 0.262 e. The molecule has 8 heteroatoms. The number of carbonyl (C=O) groups excluding carboxylic acids is 2. The van der Waals surface area contributed by atoms with Crippen molar-refractivity contribution in [1.82, 2.24) is 14.9 Å². The first kappa shape index (κ1) is 25.7. The molecule has 0 saturated heterocycles. The Morgan fingerprint density at radius 2 is 1.86 bits per heavy atom. The molecular weight excluding hydrogens is 490 g/mol. The number of rotatable bonds is 8. The Labute approximate surface area is 217 Å². The largest absolute Gasteiger partial charge is 0.497 e. The molecule has 0 atom stereocenters. The molecule has 4 rings (SSSR count). The number of hydrogen-bond acceptors (Lipinski definition) is 4. The first-order chi connectivity index (χ1) is 17.2. The minimum atomic E-state index is -1.71. The van der Waals surface area contributed by atoms with E-state index in [9.17, 15) is 9.59 Å². The summed E-state index contributed by atoms with van der Waals surface area (Å²) < 4.78 is 7.09. The molecule has 0 bridgehead atoms. The van der Waals surface area contributed by atoms with Crippen LogP contribution in [0.4, 0.5) is 0 Å². The van der Waals surface area contributed by atoms with Gasteiger partial charge in [-0.15, -0.1) is 0 Å². The molecule has 4 aromatic rings. The minimum absolute atomic E-state index is 0.0742. The zero-order valence-corrected chi connectivity index (χ0v) is 22.7. The fraction of sp³-hybridized carbons (Fsp3) is 0.250. The fourth-order valence-electron chi connectivity index (χ4n) is 4.44. The van der Waals surface area contributed by atoms with Gasteiger partial charge in [-0.2, -0.15) is 0 Å². The predicted molar refractivity (Wildman–Crippen MR) is 147 cm³/mol. The summed E-state index contributed by atoms with van der Waals surface area (Å²) in [4.78, 5) is 30.7. The Hall–Kier alpha value is -3.42. The van der Waals surface area contributed by atoms with E-state index < -0.39 is 8.07 Å². The van der Waals surface area contributed by atoms with E-state index in [0.29, 0.717) is 22.9 Å². The lowest BCUT2D eigenvalue weighted by Crippen LogP contribution is -2.44. The van der Waals surface area contributed by atoms with Crippen molar-refractivity contribution in [3.8, 4) is 5.75 Å². The van der Waals surface area contributed by atoms with Crippen molar-refractivity contribution in [2.24, 2.45) is 0 Å². The summed E-state index contributed by atoms with van der Waals surface area (Å²) in [6, 6.07) is 17.4. The van der Waals surface area contributed by atoms with Crippen LogP contribution in [0.5, 0.6) is 5.75 Å². The van der Waals surface area contributed by atoms with Crippen LogP contribution in [-0.4, -0.2) is 43.1 Å². The van der Waals surface area contributed by atoms with E-state index in [2.05, 4.69) is 29.5 Å². The van der Waals surface area contributed by atoms with E-state index in [-0.39, 0.29) is 18.2 Å². The van der Waals surface area contributed by atoms with Crippen molar-refractivity contribution in [3.05, 3.63) is 88.8 Å². The van der Waals surface area contributed by atoms with E-state index in [1.54, 1.807) is 42.1 Å². The van der Waals surface area contributed by atoms with E-state index in [1.165, 1.54) is 5.19 Å². The third-order valence-electron chi connectivity index (χ3n) is 6.69. The van der Waals surface area contributed by atoms with Gasteiger partial charge in [0.1, 0.15) is 5.75 Å². The fourth-order valence-corrected chi connectivity index (χ4v) is 6.58. The van der Waals surface area contributed by atoms with Crippen LogP contribution in [0.2, 0.25) is 24.2 Å². The number of pyridine rings is 1. The molecule has 186 valence electrons. The first-order valence-corrected chi connectivity index (χ1v) is 15.4. The third-order valence-corrected chi connectivity index (χ3v) is 10.3. The van der Waals surface area contributed by atoms with Gasteiger partial charge in [0.25, 0.3) is 5.91 Å². The SMILES string of the molecule is COc1ccc2c(c1)c(CC(=O)NCC[Si](C)(C)c1cccnc1)c(C)n2C(=O)c1ccc(Cl)cc1. The molecule has 2 heterocycles. The number of benzene rings is 2. The number of hydrogen-bond donors (Lipinski definition) is 1. The molecule has 6 nitrogen and oxygen atoms in total. The number of carbonyl (C=O) groups is 2. The highest BCUT2D eigenvalue weighted by Gasteiger charge is 2.25. The Kier molecular flexibility index (Phi) is 7.61. The number of ether oxygens (including phenoxy) is 1. The van der Waals surface area contributed by atoms with Crippen LogP contribution in [0, 0.1) is 6.92 Å². The number of halogens is 1. The number of nitrogens with zero attached hydrogens (tertiary/aromatic N) is 2. The summed E-state index contributed by atoms with van der Waals surface area (Å²) >= 11 is 6.01. The second-order valence-electron chi connectivity index (χ2n) is 9.50. The predicted octanol–water partition coefficient (Wildman–Crippen LogP) is 4.97. The summed E-state index contributed by atoms with van der Waals surface area (Å²) in [5, 5.41) is 5.75. The number of fused-ring (bicyclic) bond motifs is 1. The van der Waals surface area contributed by atoms with Crippen LogP contribution in [0.25, 0.3) is 10.9 Å². The maximum Gasteiger partial charge on any atom is 0.262 e. The van der Waals surface area contributed by atoms with Gasteiger partial charge in [0.05, 0.1) is 27.1 Å². The van der Waals surface area contributed by atoms with Gasteiger partial charge in [0, 0.05) is 40.6 Å². The second kappa shape index (κ2) is 10.7. The molecule has 0 aliphatic heterocycles. The van der Waals surface area contributed by atoms with Crippen molar-refractivity contribution in [2.45, 2.75) is 32.5 Å². The van der Waals surface area contributed by atoms with Crippen LogP contribution in [-0.2, 0) is 11.2 Å². The molecular formula is C28H30ClN3O3Si. The van der Waals surface area contributed by atoms with Gasteiger partial charge in [-0.1, -0.05) is 30.8 Å².